The highest BCUT2D eigenvalue weighted by Gasteiger charge is 2.45. The number of thiophene rings is 1. The molecule has 1 aliphatic rings. The number of ether oxygens (including phenoxy) is 3. The van der Waals surface area contributed by atoms with E-state index in [1.807, 2.05) is 19.1 Å². The first-order chi connectivity index (χ1) is 16.3. The van der Waals surface area contributed by atoms with Gasteiger partial charge in [0.1, 0.15) is 36.3 Å². The van der Waals surface area contributed by atoms with Crippen LogP contribution in [0.4, 0.5) is 0 Å². The Kier molecular flexibility index (Phi) is 7.32. The number of carbonyl (C=O) groups is 1. The van der Waals surface area contributed by atoms with Gasteiger partial charge < -0.3 is 34.6 Å². The molecule has 6 atom stereocenters. The Morgan fingerprint density at radius 1 is 1.15 bits per heavy atom. The molecule has 1 saturated heterocycles. The number of benzene rings is 2. The minimum Gasteiger partial charge on any atom is -0.460 e. The fraction of sp³-hybridized carbons (Fsp3) is 0.320. The largest absolute Gasteiger partial charge is 0.460 e. The molecule has 0 aliphatic carbocycles. The zero-order valence-electron chi connectivity index (χ0n) is 18.4. The average molecular weight is 487 g/mol. The maximum absolute atomic E-state index is 12.6. The molecule has 4 N–H and O–H groups in total. The highest BCUT2D eigenvalue weighted by atomic mass is 32.1. The van der Waals surface area contributed by atoms with Gasteiger partial charge in [0, 0.05) is 15.8 Å². The van der Waals surface area contributed by atoms with E-state index >= 15 is 0 Å². The number of esters is 1. The molecule has 8 nitrogen and oxygen atoms in total. The van der Waals surface area contributed by atoms with Gasteiger partial charge in [-0.05, 0) is 37.3 Å². The fourth-order valence-electron chi connectivity index (χ4n) is 3.87. The summed E-state index contributed by atoms with van der Waals surface area (Å²) in [5.41, 5.74) is 1.13. The molecule has 2 heterocycles. The van der Waals surface area contributed by atoms with E-state index < -0.39 is 49.4 Å². The number of hydrogen-bond donors (Lipinski definition) is 4. The summed E-state index contributed by atoms with van der Waals surface area (Å²) in [5, 5.41) is 40.6. The number of rotatable bonds is 7. The molecule has 1 fully saturated rings. The Morgan fingerprint density at radius 2 is 1.88 bits per heavy atom. The summed E-state index contributed by atoms with van der Waals surface area (Å²) in [6.45, 7) is 5.19. The van der Waals surface area contributed by atoms with Gasteiger partial charge in [0.25, 0.3) is 0 Å². The van der Waals surface area contributed by atoms with Crippen LogP contribution < -0.4 is 4.74 Å². The molecule has 180 valence electrons. The van der Waals surface area contributed by atoms with Gasteiger partial charge in [0.15, 0.2) is 0 Å². The maximum Gasteiger partial charge on any atom is 0.339 e. The van der Waals surface area contributed by atoms with Crippen LogP contribution in [-0.4, -0.2) is 63.7 Å². The molecule has 4 rings (SSSR count). The Bertz CT molecular complexity index is 1160. The first-order valence-electron chi connectivity index (χ1n) is 10.7. The SMILES string of the molecule is C=CC(OC(=O)c1ccccc1)c1ccc(O[C@@H]2O[C@H](CO)[C@H](O)[C@H](O)[C@H]2O)c2sc(C)cc12. The van der Waals surface area contributed by atoms with Crippen molar-refractivity contribution in [1.82, 2.24) is 0 Å². The highest BCUT2D eigenvalue weighted by molar-refractivity contribution is 7.19. The second-order valence-corrected chi connectivity index (χ2v) is 9.25. The lowest BCUT2D eigenvalue weighted by Crippen LogP contribution is -2.60. The van der Waals surface area contributed by atoms with Crippen LogP contribution in [0.1, 0.15) is 26.9 Å². The van der Waals surface area contributed by atoms with Crippen molar-refractivity contribution < 1.29 is 39.4 Å². The van der Waals surface area contributed by atoms with Crippen molar-refractivity contribution in [3.8, 4) is 5.75 Å². The Labute approximate surface area is 200 Å². The summed E-state index contributed by atoms with van der Waals surface area (Å²) in [4.78, 5) is 13.6. The number of hydrogen-bond acceptors (Lipinski definition) is 9. The molecule has 3 aromatic rings. The van der Waals surface area contributed by atoms with E-state index in [1.165, 1.54) is 11.3 Å². The zero-order valence-corrected chi connectivity index (χ0v) is 19.2. The van der Waals surface area contributed by atoms with Crippen LogP contribution in [0.5, 0.6) is 5.75 Å². The molecule has 34 heavy (non-hydrogen) atoms. The van der Waals surface area contributed by atoms with Gasteiger partial charge in [-0.2, -0.15) is 0 Å². The fourth-order valence-corrected chi connectivity index (χ4v) is 4.87. The highest BCUT2D eigenvalue weighted by Crippen LogP contribution is 2.40. The number of aliphatic hydroxyl groups excluding tert-OH is 4. The van der Waals surface area contributed by atoms with Crippen molar-refractivity contribution >= 4 is 27.4 Å². The van der Waals surface area contributed by atoms with Gasteiger partial charge in [0.2, 0.25) is 6.29 Å². The van der Waals surface area contributed by atoms with Gasteiger partial charge in [-0.25, -0.2) is 4.79 Å². The van der Waals surface area contributed by atoms with Crippen LogP contribution >= 0.6 is 11.3 Å². The molecule has 9 heteroatoms. The first kappa shape index (κ1) is 24.3. The molecule has 1 aliphatic heterocycles. The van der Waals surface area contributed by atoms with E-state index in [1.54, 1.807) is 42.5 Å². The minimum absolute atomic E-state index is 0.373. The first-order valence-corrected chi connectivity index (χ1v) is 11.5. The third kappa shape index (κ3) is 4.72. The van der Waals surface area contributed by atoms with Crippen LogP contribution in [0.3, 0.4) is 0 Å². The quantitative estimate of drug-likeness (QED) is 0.297. The van der Waals surface area contributed by atoms with Crippen LogP contribution in [-0.2, 0) is 9.47 Å². The van der Waals surface area contributed by atoms with E-state index in [2.05, 4.69) is 6.58 Å². The standard InChI is InChI=1S/C25H26O8S/c1-3-17(31-24(30)14-7-5-4-6-8-14)15-9-10-18(23-16(15)11-13(2)34-23)32-25-22(29)21(28)20(27)19(12-26)33-25/h3-11,17,19-22,25-29H,1,12H2,2H3/t17?,19-,20+,21+,22-,25-/m1/s1. The van der Waals surface area contributed by atoms with Crippen LogP contribution in [0.15, 0.2) is 61.2 Å². The van der Waals surface area contributed by atoms with Gasteiger partial charge in [-0.3, -0.25) is 0 Å². The summed E-state index contributed by atoms with van der Waals surface area (Å²) < 4.78 is 17.8. The second-order valence-electron chi connectivity index (χ2n) is 8.00. The molecular formula is C25H26O8S. The predicted octanol–water partition coefficient (Wildman–Crippen LogP) is 2.47. The Morgan fingerprint density at radius 3 is 2.56 bits per heavy atom. The Hall–Kier alpha value is -2.79. The van der Waals surface area contributed by atoms with E-state index in [0.717, 1.165) is 15.0 Å². The number of carbonyl (C=O) groups excluding carboxylic acids is 1. The molecule has 1 aromatic heterocycles. The van der Waals surface area contributed by atoms with E-state index in [-0.39, 0.29) is 0 Å². The summed E-state index contributed by atoms with van der Waals surface area (Å²) in [6.07, 6.45) is -6.10. The average Bonchev–Trinajstić information content (AvgIpc) is 3.25. The van der Waals surface area contributed by atoms with Crippen molar-refractivity contribution in [2.45, 2.75) is 43.7 Å². The van der Waals surface area contributed by atoms with Gasteiger partial charge in [0.05, 0.1) is 16.9 Å². The third-order valence-electron chi connectivity index (χ3n) is 5.66. The zero-order chi connectivity index (χ0) is 24.4. The van der Waals surface area contributed by atoms with E-state index in [9.17, 15) is 25.2 Å². The molecular weight excluding hydrogens is 460 g/mol. The van der Waals surface area contributed by atoms with Crippen molar-refractivity contribution in [3.63, 3.8) is 0 Å². The molecule has 0 bridgehead atoms. The molecule has 0 spiro atoms. The van der Waals surface area contributed by atoms with Gasteiger partial charge >= 0.3 is 5.97 Å². The van der Waals surface area contributed by atoms with Crippen molar-refractivity contribution in [2.24, 2.45) is 0 Å². The predicted molar refractivity (Wildman–Crippen MR) is 126 cm³/mol. The van der Waals surface area contributed by atoms with Crippen molar-refractivity contribution in [2.75, 3.05) is 6.61 Å². The molecule has 1 unspecified atom stereocenters. The summed E-state index contributed by atoms with van der Waals surface area (Å²) in [6, 6.07) is 14.0. The van der Waals surface area contributed by atoms with E-state index in [0.29, 0.717) is 16.9 Å². The van der Waals surface area contributed by atoms with Crippen molar-refractivity contribution in [3.05, 3.63) is 77.2 Å². The lowest BCUT2D eigenvalue weighted by molar-refractivity contribution is -0.277. The number of fused-ring (bicyclic) bond motifs is 1. The summed E-state index contributed by atoms with van der Waals surface area (Å²) >= 11 is 1.44. The lowest BCUT2D eigenvalue weighted by Gasteiger charge is -2.39. The monoisotopic (exact) mass is 486 g/mol. The number of aryl methyl sites for hydroxylation is 1. The molecule has 0 saturated carbocycles. The third-order valence-corrected chi connectivity index (χ3v) is 6.73. The normalized spacial score (nSPS) is 25.6. The molecule has 0 amide bonds. The molecule has 2 aromatic carbocycles. The lowest BCUT2D eigenvalue weighted by atomic mass is 9.99. The van der Waals surface area contributed by atoms with Gasteiger partial charge in [-0.1, -0.05) is 30.8 Å². The van der Waals surface area contributed by atoms with Crippen LogP contribution in [0.25, 0.3) is 10.1 Å². The maximum atomic E-state index is 12.6. The second kappa shape index (κ2) is 10.2. The number of aliphatic hydroxyl groups is 4. The minimum atomic E-state index is -1.54. The van der Waals surface area contributed by atoms with Gasteiger partial charge in [-0.15, -0.1) is 11.3 Å². The Balaban J connectivity index is 1.63. The summed E-state index contributed by atoms with van der Waals surface area (Å²) in [7, 11) is 0. The summed E-state index contributed by atoms with van der Waals surface area (Å²) in [5.74, 6) is -0.106. The van der Waals surface area contributed by atoms with E-state index in [4.69, 9.17) is 14.2 Å². The van der Waals surface area contributed by atoms with Crippen LogP contribution in [0, 0.1) is 6.92 Å². The van der Waals surface area contributed by atoms with Crippen molar-refractivity contribution in [1.29, 1.82) is 0 Å². The smallest absolute Gasteiger partial charge is 0.339 e. The topological polar surface area (TPSA) is 126 Å². The molecule has 0 radical (unpaired) electrons. The van der Waals surface area contributed by atoms with Crippen LogP contribution in [0.2, 0.25) is 0 Å².